The van der Waals surface area contributed by atoms with Crippen molar-refractivity contribution >= 4 is 44.3 Å². The van der Waals surface area contributed by atoms with Crippen LogP contribution in [0.2, 0.25) is 5.02 Å². The summed E-state index contributed by atoms with van der Waals surface area (Å²) in [6.07, 6.45) is -0.162. The summed E-state index contributed by atoms with van der Waals surface area (Å²) in [5, 5.41) is 2.08. The minimum Gasteiger partial charge on any atom is -0.497 e. The van der Waals surface area contributed by atoms with Gasteiger partial charge in [-0.1, -0.05) is 48.0 Å². The molecule has 0 radical (unpaired) electrons. The van der Waals surface area contributed by atoms with Gasteiger partial charge in [-0.05, 0) is 64.9 Å². The molecule has 1 aliphatic rings. The number of nitrogens with one attached hydrogen (secondary N) is 1. The third-order valence-electron chi connectivity index (χ3n) is 5.19. The molecule has 164 valence electrons. The molecule has 9 heteroatoms. The van der Waals surface area contributed by atoms with Crippen molar-refractivity contribution in [2.24, 2.45) is 0 Å². The normalized spacial score (nSPS) is 18.4. The third-order valence-corrected chi connectivity index (χ3v) is 9.39. The largest absolute Gasteiger partial charge is 0.497 e. The summed E-state index contributed by atoms with van der Waals surface area (Å²) in [6.45, 7) is 0. The van der Waals surface area contributed by atoms with Gasteiger partial charge in [0.15, 0.2) is 0 Å². The molecule has 0 bridgehead atoms. The van der Waals surface area contributed by atoms with Gasteiger partial charge in [-0.25, -0.2) is 8.42 Å². The first-order valence-corrected chi connectivity index (χ1v) is 12.2. The number of hydrogen-bond acceptors (Lipinski definition) is 6. The number of halogens is 1. The monoisotopic (exact) mass is 487 g/mol. The lowest BCUT2D eigenvalue weighted by molar-refractivity contribution is -0.119. The quantitative estimate of drug-likeness (QED) is 0.541. The fraction of sp³-hybridized carbons (Fsp3) is 0.130. The zero-order valence-corrected chi connectivity index (χ0v) is 19.3. The molecule has 32 heavy (non-hydrogen) atoms. The van der Waals surface area contributed by atoms with Crippen molar-refractivity contribution in [2.45, 2.75) is 15.4 Å². The number of methoxy groups -OCH3 is 1. The van der Waals surface area contributed by atoms with Crippen molar-refractivity contribution in [2.75, 3.05) is 7.11 Å². The average Bonchev–Trinajstić information content (AvgIpc) is 3.09. The molecule has 1 heterocycles. The van der Waals surface area contributed by atoms with Crippen LogP contribution in [0.4, 0.5) is 4.79 Å². The Morgan fingerprint density at radius 3 is 1.97 bits per heavy atom. The molecule has 1 aliphatic heterocycles. The van der Waals surface area contributed by atoms with Crippen LogP contribution in [-0.2, 0) is 21.1 Å². The van der Waals surface area contributed by atoms with Gasteiger partial charge in [0.1, 0.15) is 5.75 Å². The molecule has 0 saturated carbocycles. The van der Waals surface area contributed by atoms with E-state index in [0.717, 1.165) is 11.1 Å². The predicted octanol–water partition coefficient (Wildman–Crippen LogP) is 4.71. The Bertz CT molecular complexity index is 1270. The van der Waals surface area contributed by atoms with Crippen LogP contribution >= 0.6 is 23.4 Å². The highest BCUT2D eigenvalue weighted by molar-refractivity contribution is 8.25. The van der Waals surface area contributed by atoms with Crippen molar-refractivity contribution in [1.29, 1.82) is 0 Å². The standard InChI is InChI=1S/C23H18ClNO5S2/c1-30-19-10-12-20(13-11-19)32(28,29)23(21(26)25-22(27)31-23)14-15-2-4-16(5-3-15)17-6-8-18(24)9-7-17/h2-13H,14H2,1H3,(H,25,26,27). The number of carbonyl (C=O) groups excluding carboxylic acids is 2. The smallest absolute Gasteiger partial charge is 0.287 e. The van der Waals surface area contributed by atoms with Crippen LogP contribution in [0.1, 0.15) is 5.56 Å². The van der Waals surface area contributed by atoms with Crippen LogP contribution in [0, 0.1) is 0 Å². The lowest BCUT2D eigenvalue weighted by atomic mass is 10.0. The molecule has 1 atom stereocenters. The number of ether oxygens (including phenoxy) is 1. The third kappa shape index (κ3) is 4.01. The van der Waals surface area contributed by atoms with E-state index in [1.54, 1.807) is 24.3 Å². The minimum atomic E-state index is -4.21. The molecule has 2 amide bonds. The first kappa shape index (κ1) is 22.4. The van der Waals surface area contributed by atoms with Crippen molar-refractivity contribution in [3.8, 4) is 16.9 Å². The number of imide groups is 1. The highest BCUT2D eigenvalue weighted by Gasteiger charge is 2.58. The highest BCUT2D eigenvalue weighted by Crippen LogP contribution is 2.43. The van der Waals surface area contributed by atoms with E-state index >= 15 is 0 Å². The Morgan fingerprint density at radius 1 is 0.906 bits per heavy atom. The molecule has 0 spiro atoms. The second kappa shape index (κ2) is 8.61. The summed E-state index contributed by atoms with van der Waals surface area (Å²) < 4.78 is 30.2. The molecule has 4 rings (SSSR count). The number of thioether (sulfide) groups is 1. The van der Waals surface area contributed by atoms with Crippen molar-refractivity contribution in [1.82, 2.24) is 5.32 Å². The van der Waals surface area contributed by atoms with Crippen molar-refractivity contribution in [3.63, 3.8) is 0 Å². The molecular formula is C23H18ClNO5S2. The molecule has 3 aromatic carbocycles. The summed E-state index contributed by atoms with van der Waals surface area (Å²) >= 11 is 6.44. The lowest BCUT2D eigenvalue weighted by Gasteiger charge is -2.24. The van der Waals surface area contributed by atoms with Crippen LogP contribution < -0.4 is 10.1 Å². The summed E-state index contributed by atoms with van der Waals surface area (Å²) in [4.78, 5) is 24.8. The van der Waals surface area contributed by atoms with E-state index in [9.17, 15) is 18.0 Å². The maximum absolute atomic E-state index is 13.5. The Labute approximate surface area is 194 Å². The van der Waals surface area contributed by atoms with Gasteiger partial charge in [-0.15, -0.1) is 0 Å². The van der Waals surface area contributed by atoms with E-state index in [1.807, 2.05) is 24.3 Å². The van der Waals surface area contributed by atoms with Crippen LogP contribution in [-0.4, -0.2) is 30.8 Å². The summed E-state index contributed by atoms with van der Waals surface area (Å²) in [7, 11) is -2.74. The van der Waals surface area contributed by atoms with Gasteiger partial charge >= 0.3 is 0 Å². The minimum absolute atomic E-state index is 0.0616. The molecule has 6 nitrogen and oxygen atoms in total. The van der Waals surface area contributed by atoms with E-state index < -0.39 is 25.1 Å². The summed E-state index contributed by atoms with van der Waals surface area (Å²) in [5.74, 6) is -0.361. The van der Waals surface area contributed by atoms with Gasteiger partial charge in [0.05, 0.1) is 12.0 Å². The molecule has 0 aromatic heterocycles. The number of sulfone groups is 1. The summed E-state index contributed by atoms with van der Waals surface area (Å²) in [5.41, 5.74) is 2.47. The van der Waals surface area contributed by atoms with Gasteiger partial charge in [-0.3, -0.25) is 14.9 Å². The van der Waals surface area contributed by atoms with Crippen LogP contribution in [0.15, 0.2) is 77.7 Å². The Hall–Kier alpha value is -2.81. The van der Waals surface area contributed by atoms with E-state index in [2.05, 4.69) is 5.32 Å². The van der Waals surface area contributed by atoms with Crippen LogP contribution in [0.3, 0.4) is 0 Å². The SMILES string of the molecule is COc1ccc(S(=O)(=O)C2(Cc3ccc(-c4ccc(Cl)cc4)cc3)SC(=O)NC2=O)cc1. The van der Waals surface area contributed by atoms with E-state index in [1.165, 1.54) is 31.4 Å². The molecular weight excluding hydrogens is 470 g/mol. The van der Waals surface area contributed by atoms with Gasteiger partial charge in [0.2, 0.25) is 13.9 Å². The maximum Gasteiger partial charge on any atom is 0.287 e. The molecule has 3 aromatic rings. The number of rotatable bonds is 6. The zero-order chi connectivity index (χ0) is 22.9. The molecule has 1 fully saturated rings. The number of hydrogen-bond donors (Lipinski definition) is 1. The van der Waals surface area contributed by atoms with E-state index in [0.29, 0.717) is 28.1 Å². The zero-order valence-electron chi connectivity index (χ0n) is 16.9. The Kier molecular flexibility index (Phi) is 6.03. The molecule has 0 aliphatic carbocycles. The number of amides is 2. The number of benzene rings is 3. The molecule has 1 saturated heterocycles. The predicted molar refractivity (Wildman–Crippen MR) is 125 cm³/mol. The fourth-order valence-corrected chi connectivity index (χ4v) is 6.90. The van der Waals surface area contributed by atoms with Gasteiger partial charge in [0.25, 0.3) is 11.1 Å². The second-order valence-electron chi connectivity index (χ2n) is 7.16. The van der Waals surface area contributed by atoms with Crippen LogP contribution in [0.25, 0.3) is 11.1 Å². The highest BCUT2D eigenvalue weighted by atomic mass is 35.5. The van der Waals surface area contributed by atoms with Crippen LogP contribution in [0.5, 0.6) is 5.75 Å². The fourth-order valence-electron chi connectivity index (χ4n) is 3.47. The molecule has 1 unspecified atom stereocenters. The van der Waals surface area contributed by atoms with E-state index in [-0.39, 0.29) is 11.3 Å². The average molecular weight is 488 g/mol. The maximum atomic E-state index is 13.5. The topological polar surface area (TPSA) is 89.5 Å². The second-order valence-corrected chi connectivity index (χ2v) is 11.3. The Morgan fingerprint density at radius 2 is 1.47 bits per heavy atom. The van der Waals surface area contributed by atoms with Crippen molar-refractivity contribution in [3.05, 3.63) is 83.4 Å². The lowest BCUT2D eigenvalue weighted by Crippen LogP contribution is -2.45. The molecule has 1 N–H and O–H groups in total. The first-order valence-electron chi connectivity index (χ1n) is 9.53. The number of carbonyl (C=O) groups is 2. The van der Waals surface area contributed by atoms with Gasteiger partial charge in [0, 0.05) is 11.4 Å². The van der Waals surface area contributed by atoms with Crippen molar-refractivity contribution < 1.29 is 22.7 Å². The Balaban J connectivity index is 1.70. The summed E-state index contributed by atoms with van der Waals surface area (Å²) in [6, 6.07) is 20.3. The van der Waals surface area contributed by atoms with Gasteiger partial charge < -0.3 is 4.74 Å². The van der Waals surface area contributed by atoms with E-state index in [4.69, 9.17) is 16.3 Å². The van der Waals surface area contributed by atoms with Gasteiger partial charge in [-0.2, -0.15) is 0 Å². The first-order chi connectivity index (χ1) is 15.2.